The molecule has 110 valence electrons. The second-order valence-corrected chi connectivity index (χ2v) is 4.67. The molecule has 3 N–H and O–H groups in total. The van der Waals surface area contributed by atoms with Crippen LogP contribution in [0.1, 0.15) is 35.8 Å². The standard InChI is InChI=1S/C16H19N3O2/c1-3-21-16(20)12-6-7-15(14(17)9-12)19-11(2)13-5-4-8-18-10-13/h4-11,19H,3,17H2,1-2H3. The molecule has 0 aliphatic rings. The summed E-state index contributed by atoms with van der Waals surface area (Å²) in [4.78, 5) is 15.7. The van der Waals surface area contributed by atoms with Crippen LogP contribution in [0.3, 0.4) is 0 Å². The van der Waals surface area contributed by atoms with E-state index in [4.69, 9.17) is 10.5 Å². The zero-order valence-electron chi connectivity index (χ0n) is 12.2. The number of nitrogens with two attached hydrogens (primary N) is 1. The van der Waals surface area contributed by atoms with Crippen molar-refractivity contribution in [3.8, 4) is 0 Å². The molecule has 0 saturated carbocycles. The highest BCUT2D eigenvalue weighted by Gasteiger charge is 2.11. The van der Waals surface area contributed by atoms with Gasteiger partial charge in [-0.3, -0.25) is 4.98 Å². The number of carbonyl (C=O) groups is 1. The van der Waals surface area contributed by atoms with Crippen molar-refractivity contribution in [2.75, 3.05) is 17.7 Å². The molecular formula is C16H19N3O2. The van der Waals surface area contributed by atoms with E-state index in [0.717, 1.165) is 11.3 Å². The van der Waals surface area contributed by atoms with Crippen LogP contribution in [0.2, 0.25) is 0 Å². The number of rotatable bonds is 5. The fourth-order valence-corrected chi connectivity index (χ4v) is 1.98. The van der Waals surface area contributed by atoms with Crippen molar-refractivity contribution in [1.82, 2.24) is 4.98 Å². The number of nitrogen functional groups attached to an aromatic ring is 1. The molecule has 0 aliphatic heterocycles. The predicted molar refractivity (Wildman–Crippen MR) is 83.1 cm³/mol. The molecule has 5 nitrogen and oxygen atoms in total. The number of esters is 1. The Hall–Kier alpha value is -2.56. The number of carbonyl (C=O) groups excluding carboxylic acids is 1. The molecule has 1 aromatic carbocycles. The van der Waals surface area contributed by atoms with Gasteiger partial charge in [0.05, 0.1) is 29.6 Å². The number of anilines is 2. The number of hydrogen-bond donors (Lipinski definition) is 2. The molecule has 0 aliphatic carbocycles. The van der Waals surface area contributed by atoms with Crippen molar-refractivity contribution in [2.24, 2.45) is 0 Å². The van der Waals surface area contributed by atoms with Crippen molar-refractivity contribution in [2.45, 2.75) is 19.9 Å². The molecule has 0 bridgehead atoms. The Bertz CT molecular complexity index is 614. The van der Waals surface area contributed by atoms with E-state index in [1.54, 1.807) is 37.5 Å². The quantitative estimate of drug-likeness (QED) is 0.652. The Morgan fingerprint density at radius 2 is 2.24 bits per heavy atom. The van der Waals surface area contributed by atoms with Crippen molar-refractivity contribution in [1.29, 1.82) is 0 Å². The van der Waals surface area contributed by atoms with Gasteiger partial charge in [-0.25, -0.2) is 4.79 Å². The Kier molecular flexibility index (Phi) is 4.77. The average Bonchev–Trinajstić information content (AvgIpc) is 2.50. The first-order valence-corrected chi connectivity index (χ1v) is 6.85. The number of nitrogens with zero attached hydrogens (tertiary/aromatic N) is 1. The van der Waals surface area contributed by atoms with Crippen molar-refractivity contribution >= 4 is 17.3 Å². The van der Waals surface area contributed by atoms with Crippen molar-refractivity contribution in [3.05, 3.63) is 53.9 Å². The molecule has 21 heavy (non-hydrogen) atoms. The third-order valence-corrected chi connectivity index (χ3v) is 3.12. The summed E-state index contributed by atoms with van der Waals surface area (Å²) >= 11 is 0. The molecule has 0 amide bonds. The molecule has 2 rings (SSSR count). The summed E-state index contributed by atoms with van der Waals surface area (Å²) in [6.45, 7) is 4.14. The molecule has 0 fully saturated rings. The fourth-order valence-electron chi connectivity index (χ4n) is 1.98. The van der Waals surface area contributed by atoms with Crippen LogP contribution in [-0.4, -0.2) is 17.6 Å². The number of hydrogen-bond acceptors (Lipinski definition) is 5. The number of pyridine rings is 1. The van der Waals surface area contributed by atoms with E-state index in [1.165, 1.54) is 0 Å². The molecule has 0 saturated heterocycles. The van der Waals surface area contributed by atoms with Crippen LogP contribution in [0, 0.1) is 0 Å². The lowest BCUT2D eigenvalue weighted by atomic mass is 10.1. The monoisotopic (exact) mass is 285 g/mol. The SMILES string of the molecule is CCOC(=O)c1ccc(NC(C)c2cccnc2)c(N)c1. The van der Waals surface area contributed by atoms with Gasteiger partial charge >= 0.3 is 5.97 Å². The van der Waals surface area contributed by atoms with Gasteiger partial charge in [-0.05, 0) is 43.7 Å². The number of aromatic nitrogens is 1. The molecule has 0 spiro atoms. The largest absolute Gasteiger partial charge is 0.462 e. The van der Waals surface area contributed by atoms with Gasteiger partial charge in [-0.15, -0.1) is 0 Å². The topological polar surface area (TPSA) is 77.2 Å². The van der Waals surface area contributed by atoms with Crippen LogP contribution in [-0.2, 0) is 4.74 Å². The van der Waals surface area contributed by atoms with Crippen LogP contribution in [0.4, 0.5) is 11.4 Å². The molecule has 1 aromatic heterocycles. The van der Waals surface area contributed by atoms with Gasteiger partial charge in [0.25, 0.3) is 0 Å². The molecule has 1 atom stereocenters. The Morgan fingerprint density at radius 1 is 1.43 bits per heavy atom. The Morgan fingerprint density at radius 3 is 2.86 bits per heavy atom. The lowest BCUT2D eigenvalue weighted by Crippen LogP contribution is -2.10. The van der Waals surface area contributed by atoms with E-state index in [0.29, 0.717) is 17.9 Å². The van der Waals surface area contributed by atoms with E-state index >= 15 is 0 Å². The summed E-state index contributed by atoms with van der Waals surface area (Å²) < 4.78 is 4.95. The highest BCUT2D eigenvalue weighted by Crippen LogP contribution is 2.25. The molecule has 1 unspecified atom stereocenters. The maximum atomic E-state index is 11.6. The van der Waals surface area contributed by atoms with E-state index in [-0.39, 0.29) is 12.0 Å². The molecular weight excluding hydrogens is 266 g/mol. The summed E-state index contributed by atoms with van der Waals surface area (Å²) in [5.41, 5.74) is 8.80. The van der Waals surface area contributed by atoms with Gasteiger partial charge in [0.15, 0.2) is 0 Å². The summed E-state index contributed by atoms with van der Waals surface area (Å²) in [5, 5.41) is 3.31. The maximum Gasteiger partial charge on any atom is 0.338 e. The number of nitrogens with one attached hydrogen (secondary N) is 1. The van der Waals surface area contributed by atoms with Crippen molar-refractivity contribution in [3.63, 3.8) is 0 Å². The van der Waals surface area contributed by atoms with E-state index in [1.807, 2.05) is 19.1 Å². The molecule has 1 heterocycles. The van der Waals surface area contributed by atoms with E-state index in [9.17, 15) is 4.79 Å². The Balaban J connectivity index is 2.13. The summed E-state index contributed by atoms with van der Waals surface area (Å²) in [6.07, 6.45) is 3.54. The van der Waals surface area contributed by atoms with Crippen LogP contribution in [0.25, 0.3) is 0 Å². The van der Waals surface area contributed by atoms with Crippen LogP contribution in [0.5, 0.6) is 0 Å². The van der Waals surface area contributed by atoms with Crippen LogP contribution < -0.4 is 11.1 Å². The van der Waals surface area contributed by atoms with E-state index < -0.39 is 0 Å². The van der Waals surface area contributed by atoms with Crippen LogP contribution >= 0.6 is 0 Å². The van der Waals surface area contributed by atoms with Gasteiger partial charge < -0.3 is 15.8 Å². The van der Waals surface area contributed by atoms with Gasteiger partial charge in [0, 0.05) is 12.4 Å². The summed E-state index contributed by atoms with van der Waals surface area (Å²) in [6, 6.07) is 9.06. The summed E-state index contributed by atoms with van der Waals surface area (Å²) in [7, 11) is 0. The zero-order valence-corrected chi connectivity index (χ0v) is 12.2. The minimum absolute atomic E-state index is 0.0643. The van der Waals surface area contributed by atoms with Gasteiger partial charge in [0.1, 0.15) is 0 Å². The Labute approximate surface area is 124 Å². The second-order valence-electron chi connectivity index (χ2n) is 4.67. The van der Waals surface area contributed by atoms with Crippen LogP contribution in [0.15, 0.2) is 42.7 Å². The molecule has 2 aromatic rings. The third kappa shape index (κ3) is 3.72. The first-order valence-electron chi connectivity index (χ1n) is 6.85. The number of benzene rings is 1. The highest BCUT2D eigenvalue weighted by molar-refractivity contribution is 5.92. The first-order chi connectivity index (χ1) is 10.1. The lowest BCUT2D eigenvalue weighted by Gasteiger charge is -2.17. The second kappa shape index (κ2) is 6.74. The molecule has 5 heteroatoms. The normalized spacial score (nSPS) is 11.7. The summed E-state index contributed by atoms with van der Waals surface area (Å²) in [5.74, 6) is -0.365. The van der Waals surface area contributed by atoms with E-state index in [2.05, 4.69) is 10.3 Å². The predicted octanol–water partition coefficient (Wildman–Crippen LogP) is 3.01. The third-order valence-electron chi connectivity index (χ3n) is 3.12. The minimum Gasteiger partial charge on any atom is -0.462 e. The first kappa shape index (κ1) is 14.8. The van der Waals surface area contributed by atoms with Gasteiger partial charge in [-0.2, -0.15) is 0 Å². The van der Waals surface area contributed by atoms with Gasteiger partial charge in [-0.1, -0.05) is 6.07 Å². The maximum absolute atomic E-state index is 11.6. The minimum atomic E-state index is -0.365. The average molecular weight is 285 g/mol. The smallest absolute Gasteiger partial charge is 0.338 e. The molecule has 0 radical (unpaired) electrons. The highest BCUT2D eigenvalue weighted by atomic mass is 16.5. The van der Waals surface area contributed by atoms with Gasteiger partial charge in [0.2, 0.25) is 0 Å². The number of ether oxygens (including phenoxy) is 1. The fraction of sp³-hybridized carbons (Fsp3) is 0.250. The van der Waals surface area contributed by atoms with Crippen molar-refractivity contribution < 1.29 is 9.53 Å². The lowest BCUT2D eigenvalue weighted by molar-refractivity contribution is 0.0526. The zero-order chi connectivity index (χ0) is 15.2.